The molecule has 0 saturated carbocycles. The smallest absolute Gasteiger partial charge is 0.230 e. The van der Waals surface area contributed by atoms with Gasteiger partial charge in [-0.3, -0.25) is 0 Å². The van der Waals surface area contributed by atoms with Gasteiger partial charge in [-0.05, 0) is 24.3 Å². The summed E-state index contributed by atoms with van der Waals surface area (Å²) >= 11 is 0. The Kier molecular flexibility index (Phi) is 0.859. The third kappa shape index (κ3) is 0.721. The number of hydrogen-bond donors (Lipinski definition) is 0. The molecule has 0 aromatic heterocycles. The standard InChI is InChI=1S/C7H6O2/c1-2-7-4-3-6(1)8-5-9-7/h1-4H,5H2. The van der Waals surface area contributed by atoms with Gasteiger partial charge < -0.3 is 9.47 Å². The molecule has 2 heteroatoms. The molecule has 0 radical (unpaired) electrons. The van der Waals surface area contributed by atoms with Crippen LogP contribution in [-0.4, -0.2) is 6.79 Å². The quantitative estimate of drug-likeness (QED) is 0.518. The summed E-state index contributed by atoms with van der Waals surface area (Å²) in [5.41, 5.74) is 0. The van der Waals surface area contributed by atoms with Gasteiger partial charge in [-0.2, -0.15) is 0 Å². The van der Waals surface area contributed by atoms with Gasteiger partial charge in [0.05, 0.1) is 0 Å². The van der Waals surface area contributed by atoms with Crippen molar-refractivity contribution in [1.82, 2.24) is 0 Å². The SMILES string of the molecule is c1cc2ccc1OCO2. The maximum atomic E-state index is 5.09. The first-order chi connectivity index (χ1) is 4.45. The van der Waals surface area contributed by atoms with E-state index in [0.29, 0.717) is 6.79 Å². The number of fused-ring (bicyclic) bond motifs is 4. The molecule has 2 aliphatic rings. The van der Waals surface area contributed by atoms with Crippen LogP contribution >= 0.6 is 0 Å². The summed E-state index contributed by atoms with van der Waals surface area (Å²) in [7, 11) is 0. The Morgan fingerprint density at radius 3 is 1.78 bits per heavy atom. The lowest BCUT2D eigenvalue weighted by molar-refractivity contribution is 0.127. The van der Waals surface area contributed by atoms with Gasteiger partial charge in [0.1, 0.15) is 11.5 Å². The average molecular weight is 122 g/mol. The second kappa shape index (κ2) is 1.65. The molecule has 0 unspecified atom stereocenters. The van der Waals surface area contributed by atoms with E-state index in [0.717, 1.165) is 11.5 Å². The molecule has 9 heavy (non-hydrogen) atoms. The predicted octanol–water partition coefficient (Wildman–Crippen LogP) is 1.42. The molecule has 1 aromatic carbocycles. The monoisotopic (exact) mass is 122 g/mol. The molecule has 0 N–H and O–H groups in total. The summed E-state index contributed by atoms with van der Waals surface area (Å²) in [6, 6.07) is 7.56. The number of rotatable bonds is 0. The fourth-order valence-corrected chi connectivity index (χ4v) is 0.798. The number of benzene rings is 1. The normalized spacial score (nSPS) is 13.8. The van der Waals surface area contributed by atoms with Crippen molar-refractivity contribution in [2.24, 2.45) is 0 Å². The van der Waals surface area contributed by atoms with E-state index >= 15 is 0 Å². The van der Waals surface area contributed by atoms with Crippen molar-refractivity contribution in [3.05, 3.63) is 24.3 Å². The molecule has 46 valence electrons. The van der Waals surface area contributed by atoms with Gasteiger partial charge in [0, 0.05) is 0 Å². The summed E-state index contributed by atoms with van der Waals surface area (Å²) in [5.74, 6) is 1.74. The Bertz CT molecular complexity index is 180. The number of ether oxygens (including phenoxy) is 2. The van der Waals surface area contributed by atoms with E-state index in [1.807, 2.05) is 24.3 Å². The van der Waals surface area contributed by atoms with Gasteiger partial charge in [0.2, 0.25) is 6.79 Å². The molecule has 0 fully saturated rings. The van der Waals surface area contributed by atoms with Gasteiger partial charge in [-0.1, -0.05) is 0 Å². The molecule has 0 aliphatic carbocycles. The van der Waals surface area contributed by atoms with Crippen LogP contribution in [0.3, 0.4) is 0 Å². The first-order valence-electron chi connectivity index (χ1n) is 2.81. The fraction of sp³-hybridized carbons (Fsp3) is 0.143. The second-order valence-electron chi connectivity index (χ2n) is 1.88. The third-order valence-corrected chi connectivity index (χ3v) is 1.27. The minimum atomic E-state index is 0.338. The van der Waals surface area contributed by atoms with Crippen LogP contribution in [0.25, 0.3) is 0 Å². The molecule has 2 bridgehead atoms. The Morgan fingerprint density at radius 1 is 0.889 bits per heavy atom. The molecule has 0 atom stereocenters. The third-order valence-electron chi connectivity index (χ3n) is 1.27. The van der Waals surface area contributed by atoms with Crippen molar-refractivity contribution >= 4 is 0 Å². The van der Waals surface area contributed by atoms with Crippen molar-refractivity contribution in [3.63, 3.8) is 0 Å². The van der Waals surface area contributed by atoms with Crippen LogP contribution in [0.15, 0.2) is 24.3 Å². The van der Waals surface area contributed by atoms with Crippen LogP contribution in [0.4, 0.5) is 0 Å². The van der Waals surface area contributed by atoms with E-state index < -0.39 is 0 Å². The maximum Gasteiger partial charge on any atom is 0.230 e. The van der Waals surface area contributed by atoms with Crippen LogP contribution in [0.1, 0.15) is 0 Å². The van der Waals surface area contributed by atoms with Crippen LogP contribution < -0.4 is 9.47 Å². The van der Waals surface area contributed by atoms with Crippen LogP contribution in [0, 0.1) is 0 Å². The lowest BCUT2D eigenvalue weighted by Gasteiger charge is -1.98. The summed E-state index contributed by atoms with van der Waals surface area (Å²) in [6.07, 6.45) is 0. The van der Waals surface area contributed by atoms with E-state index in [1.54, 1.807) is 0 Å². The molecule has 2 heterocycles. The maximum absolute atomic E-state index is 5.09. The minimum absolute atomic E-state index is 0.338. The Balaban J connectivity index is 2.53. The van der Waals surface area contributed by atoms with Crippen molar-refractivity contribution in [2.75, 3.05) is 6.79 Å². The van der Waals surface area contributed by atoms with Gasteiger partial charge in [0.25, 0.3) is 0 Å². The van der Waals surface area contributed by atoms with Crippen LogP contribution in [0.2, 0.25) is 0 Å². The largest absolute Gasteiger partial charge is 0.457 e. The lowest BCUT2D eigenvalue weighted by Crippen LogP contribution is -2.00. The Morgan fingerprint density at radius 2 is 1.33 bits per heavy atom. The zero-order chi connectivity index (χ0) is 6.10. The lowest BCUT2D eigenvalue weighted by atomic mass is 10.3. The molecule has 1 aromatic rings. The van der Waals surface area contributed by atoms with E-state index in [9.17, 15) is 0 Å². The van der Waals surface area contributed by atoms with Gasteiger partial charge >= 0.3 is 0 Å². The van der Waals surface area contributed by atoms with Crippen molar-refractivity contribution < 1.29 is 9.47 Å². The molecule has 0 spiro atoms. The first kappa shape index (κ1) is 4.68. The molecular formula is C7H6O2. The highest BCUT2D eigenvalue weighted by Gasteiger charge is 2.00. The molecule has 2 nitrogen and oxygen atoms in total. The highest BCUT2D eigenvalue weighted by atomic mass is 16.7. The van der Waals surface area contributed by atoms with Crippen molar-refractivity contribution in [2.45, 2.75) is 0 Å². The van der Waals surface area contributed by atoms with Crippen LogP contribution in [0.5, 0.6) is 11.5 Å². The topological polar surface area (TPSA) is 18.5 Å². The highest BCUT2D eigenvalue weighted by Crippen LogP contribution is 2.20. The zero-order valence-corrected chi connectivity index (χ0v) is 4.83. The fourth-order valence-electron chi connectivity index (χ4n) is 0.798. The summed E-state index contributed by atoms with van der Waals surface area (Å²) in [4.78, 5) is 0. The first-order valence-corrected chi connectivity index (χ1v) is 2.81. The number of hydrogen-bond acceptors (Lipinski definition) is 2. The minimum Gasteiger partial charge on any atom is -0.457 e. The molecule has 0 amide bonds. The van der Waals surface area contributed by atoms with Gasteiger partial charge in [-0.15, -0.1) is 0 Å². The Hall–Kier alpha value is -1.18. The van der Waals surface area contributed by atoms with E-state index in [1.165, 1.54) is 0 Å². The molecular weight excluding hydrogens is 116 g/mol. The van der Waals surface area contributed by atoms with Gasteiger partial charge in [0.15, 0.2) is 0 Å². The molecule has 0 saturated heterocycles. The van der Waals surface area contributed by atoms with Crippen LogP contribution in [-0.2, 0) is 0 Å². The predicted molar refractivity (Wildman–Crippen MR) is 32.6 cm³/mol. The second-order valence-corrected chi connectivity index (χ2v) is 1.88. The van der Waals surface area contributed by atoms with Gasteiger partial charge in [-0.25, -0.2) is 0 Å². The van der Waals surface area contributed by atoms with E-state index in [-0.39, 0.29) is 0 Å². The summed E-state index contributed by atoms with van der Waals surface area (Å²) < 4.78 is 10.2. The summed E-state index contributed by atoms with van der Waals surface area (Å²) in [6.45, 7) is 0.338. The van der Waals surface area contributed by atoms with E-state index in [4.69, 9.17) is 9.47 Å². The Labute approximate surface area is 53.0 Å². The van der Waals surface area contributed by atoms with Crippen molar-refractivity contribution in [3.8, 4) is 11.5 Å². The highest BCUT2D eigenvalue weighted by molar-refractivity contribution is 5.32. The average Bonchev–Trinajstić information content (AvgIpc) is 2.21. The zero-order valence-electron chi connectivity index (χ0n) is 4.83. The summed E-state index contributed by atoms with van der Waals surface area (Å²) in [5, 5.41) is 0. The molecule has 3 rings (SSSR count). The molecule has 2 aliphatic heterocycles. The van der Waals surface area contributed by atoms with E-state index in [2.05, 4.69) is 0 Å². The van der Waals surface area contributed by atoms with Crippen molar-refractivity contribution in [1.29, 1.82) is 0 Å².